The summed E-state index contributed by atoms with van der Waals surface area (Å²) in [6, 6.07) is 3.56. The van der Waals surface area contributed by atoms with Gasteiger partial charge in [0.2, 0.25) is 0 Å². The Morgan fingerprint density at radius 1 is 1.11 bits per heavy atom. The van der Waals surface area contributed by atoms with Crippen LogP contribution in [0.1, 0.15) is 28.5 Å². The number of aliphatic hydroxyl groups excluding tert-OH is 1. The summed E-state index contributed by atoms with van der Waals surface area (Å²) in [5.74, 6) is -4.28. The minimum atomic E-state index is -1.60. The molecule has 19 heavy (non-hydrogen) atoms. The molecule has 0 aliphatic heterocycles. The zero-order valence-electron chi connectivity index (χ0n) is 10.4. The summed E-state index contributed by atoms with van der Waals surface area (Å²) in [7, 11) is 0. The van der Waals surface area contributed by atoms with Crippen molar-refractivity contribution in [1.82, 2.24) is 4.98 Å². The maximum Gasteiger partial charge on any atom is 0.194 e. The van der Waals surface area contributed by atoms with E-state index in [1.54, 1.807) is 13.0 Å². The number of aromatic nitrogens is 1. The maximum absolute atomic E-state index is 13.6. The fraction of sp³-hybridized carbons (Fsp3) is 0.214. The van der Waals surface area contributed by atoms with E-state index in [0.29, 0.717) is 5.56 Å². The molecule has 2 aromatic rings. The Morgan fingerprint density at radius 2 is 1.79 bits per heavy atom. The molecule has 0 aliphatic rings. The molecule has 1 aromatic heterocycles. The molecule has 1 N–H and O–H groups in total. The molecule has 0 saturated carbocycles. The minimum Gasteiger partial charge on any atom is -0.382 e. The Morgan fingerprint density at radius 3 is 2.42 bits per heavy atom. The number of hydrogen-bond donors (Lipinski definition) is 1. The van der Waals surface area contributed by atoms with Gasteiger partial charge in [0.15, 0.2) is 17.5 Å². The lowest BCUT2D eigenvalue weighted by atomic mass is 10.0. The van der Waals surface area contributed by atoms with E-state index in [1.165, 1.54) is 6.20 Å². The van der Waals surface area contributed by atoms with Crippen molar-refractivity contribution in [2.75, 3.05) is 0 Å². The predicted octanol–water partition coefficient (Wildman–Crippen LogP) is 3.20. The molecule has 0 radical (unpaired) electrons. The Labute approximate surface area is 108 Å². The third-order valence-electron chi connectivity index (χ3n) is 2.87. The van der Waals surface area contributed by atoms with E-state index in [0.717, 1.165) is 17.7 Å². The summed E-state index contributed by atoms with van der Waals surface area (Å²) < 4.78 is 39.6. The Bertz CT molecular complexity index is 628. The van der Waals surface area contributed by atoms with Crippen molar-refractivity contribution >= 4 is 0 Å². The van der Waals surface area contributed by atoms with E-state index in [2.05, 4.69) is 4.98 Å². The van der Waals surface area contributed by atoms with Crippen molar-refractivity contribution < 1.29 is 18.3 Å². The highest BCUT2D eigenvalue weighted by atomic mass is 19.2. The van der Waals surface area contributed by atoms with Crippen LogP contribution in [0.15, 0.2) is 24.4 Å². The molecule has 2 nitrogen and oxygen atoms in total. The van der Waals surface area contributed by atoms with Crippen LogP contribution in [0.5, 0.6) is 0 Å². The number of benzene rings is 1. The zero-order chi connectivity index (χ0) is 14.2. The first-order valence-electron chi connectivity index (χ1n) is 5.66. The summed E-state index contributed by atoms with van der Waals surface area (Å²) >= 11 is 0. The van der Waals surface area contributed by atoms with Crippen molar-refractivity contribution in [2.24, 2.45) is 0 Å². The van der Waals surface area contributed by atoms with Crippen LogP contribution in [0.3, 0.4) is 0 Å². The first kappa shape index (κ1) is 13.5. The molecule has 2 rings (SSSR count). The number of pyridine rings is 1. The van der Waals surface area contributed by atoms with Gasteiger partial charge >= 0.3 is 0 Å². The van der Waals surface area contributed by atoms with Crippen LogP contribution in [0.2, 0.25) is 0 Å². The second kappa shape index (κ2) is 5.01. The summed E-state index contributed by atoms with van der Waals surface area (Å²) in [5.41, 5.74) is 1.42. The molecule has 1 aromatic carbocycles. The van der Waals surface area contributed by atoms with Crippen LogP contribution in [0.25, 0.3) is 0 Å². The van der Waals surface area contributed by atoms with E-state index in [1.807, 2.05) is 6.92 Å². The smallest absolute Gasteiger partial charge is 0.194 e. The fourth-order valence-electron chi connectivity index (χ4n) is 1.91. The number of aryl methyl sites for hydroxylation is 2. The molecule has 5 heteroatoms. The van der Waals surface area contributed by atoms with Gasteiger partial charge in [-0.25, -0.2) is 13.2 Å². The highest BCUT2D eigenvalue weighted by Gasteiger charge is 2.22. The van der Waals surface area contributed by atoms with Gasteiger partial charge in [-0.1, -0.05) is 6.07 Å². The Hall–Kier alpha value is -1.88. The molecule has 0 bridgehead atoms. The molecular formula is C14H12F3NO. The fourth-order valence-corrected chi connectivity index (χ4v) is 1.91. The first-order valence-corrected chi connectivity index (χ1v) is 5.66. The summed E-state index contributed by atoms with van der Waals surface area (Å²) in [6.45, 7) is 3.53. The monoisotopic (exact) mass is 267 g/mol. The predicted molar refractivity (Wildman–Crippen MR) is 64.1 cm³/mol. The van der Waals surface area contributed by atoms with Gasteiger partial charge in [-0.05, 0) is 37.1 Å². The standard InChI is InChI=1S/C14H12F3NO/c1-7-5-8(2)13(18-6-7)14(19)9-3-4-10(15)12(17)11(9)16/h3-6,14,19H,1-2H3. The molecule has 1 heterocycles. The Kier molecular flexibility index (Phi) is 3.57. The molecule has 1 atom stereocenters. The molecule has 0 fully saturated rings. The van der Waals surface area contributed by atoms with Crippen molar-refractivity contribution in [1.29, 1.82) is 0 Å². The largest absolute Gasteiger partial charge is 0.382 e. The van der Waals surface area contributed by atoms with Crippen molar-refractivity contribution in [2.45, 2.75) is 20.0 Å². The van der Waals surface area contributed by atoms with Gasteiger partial charge in [0.25, 0.3) is 0 Å². The molecule has 0 saturated heterocycles. The van der Waals surface area contributed by atoms with Gasteiger partial charge in [-0.3, -0.25) is 4.98 Å². The van der Waals surface area contributed by atoms with Gasteiger partial charge < -0.3 is 5.11 Å². The van der Waals surface area contributed by atoms with Crippen LogP contribution in [0.4, 0.5) is 13.2 Å². The highest BCUT2D eigenvalue weighted by Crippen LogP contribution is 2.27. The van der Waals surface area contributed by atoms with Crippen LogP contribution in [-0.4, -0.2) is 10.1 Å². The molecule has 0 aliphatic carbocycles. The van der Waals surface area contributed by atoms with Crippen LogP contribution in [0, 0.1) is 31.3 Å². The van der Waals surface area contributed by atoms with E-state index in [-0.39, 0.29) is 11.3 Å². The number of halogens is 3. The highest BCUT2D eigenvalue weighted by molar-refractivity contribution is 5.33. The van der Waals surface area contributed by atoms with Crippen LogP contribution < -0.4 is 0 Å². The van der Waals surface area contributed by atoms with Gasteiger partial charge in [-0.15, -0.1) is 0 Å². The number of aliphatic hydroxyl groups is 1. The number of rotatable bonds is 2. The zero-order valence-corrected chi connectivity index (χ0v) is 10.4. The van der Waals surface area contributed by atoms with Gasteiger partial charge in [0.05, 0.1) is 5.69 Å². The lowest BCUT2D eigenvalue weighted by Crippen LogP contribution is -2.09. The quantitative estimate of drug-likeness (QED) is 0.848. The lowest BCUT2D eigenvalue weighted by molar-refractivity contribution is 0.207. The van der Waals surface area contributed by atoms with Crippen molar-refractivity contribution in [3.8, 4) is 0 Å². The van der Waals surface area contributed by atoms with Gasteiger partial charge in [0, 0.05) is 11.8 Å². The SMILES string of the molecule is Cc1cnc(C(O)c2ccc(F)c(F)c2F)c(C)c1. The summed E-state index contributed by atoms with van der Waals surface area (Å²) in [4.78, 5) is 4.01. The van der Waals surface area contributed by atoms with E-state index in [4.69, 9.17) is 0 Å². The van der Waals surface area contributed by atoms with Crippen LogP contribution in [-0.2, 0) is 0 Å². The number of nitrogens with zero attached hydrogens (tertiary/aromatic N) is 1. The molecule has 1 unspecified atom stereocenters. The lowest BCUT2D eigenvalue weighted by Gasteiger charge is -2.14. The molecular weight excluding hydrogens is 255 g/mol. The minimum absolute atomic E-state index is 0.218. The summed E-state index contributed by atoms with van der Waals surface area (Å²) in [6.07, 6.45) is 0.0827. The van der Waals surface area contributed by atoms with Gasteiger partial charge in [0.1, 0.15) is 6.10 Å². The molecule has 0 spiro atoms. The van der Waals surface area contributed by atoms with Gasteiger partial charge in [-0.2, -0.15) is 0 Å². The molecule has 100 valence electrons. The number of hydrogen-bond acceptors (Lipinski definition) is 2. The Balaban J connectivity index is 2.50. The topological polar surface area (TPSA) is 33.1 Å². The normalized spacial score (nSPS) is 12.5. The van der Waals surface area contributed by atoms with E-state index >= 15 is 0 Å². The van der Waals surface area contributed by atoms with E-state index < -0.39 is 23.6 Å². The van der Waals surface area contributed by atoms with E-state index in [9.17, 15) is 18.3 Å². The van der Waals surface area contributed by atoms with Crippen LogP contribution >= 0.6 is 0 Å². The average molecular weight is 267 g/mol. The second-order valence-corrected chi connectivity index (χ2v) is 4.38. The van der Waals surface area contributed by atoms with Crippen molar-refractivity contribution in [3.05, 3.63) is 64.2 Å². The average Bonchev–Trinajstić information content (AvgIpc) is 2.35. The van der Waals surface area contributed by atoms with Crippen molar-refractivity contribution in [3.63, 3.8) is 0 Å². The third kappa shape index (κ3) is 2.46. The summed E-state index contributed by atoms with van der Waals surface area (Å²) in [5, 5.41) is 10.1. The third-order valence-corrected chi connectivity index (χ3v) is 2.87. The second-order valence-electron chi connectivity index (χ2n) is 4.38. The first-order chi connectivity index (χ1) is 8.91. The molecule has 0 amide bonds. The maximum atomic E-state index is 13.6.